The molecule has 138 valence electrons. The van der Waals surface area contributed by atoms with E-state index >= 15 is 0 Å². The smallest absolute Gasteiger partial charge is 0.344 e. The molecule has 0 spiro atoms. The fraction of sp³-hybridized carbons (Fsp3) is 0.158. The first-order valence-corrected chi connectivity index (χ1v) is 10.0. The van der Waals surface area contributed by atoms with E-state index in [1.165, 1.54) is 6.07 Å². The summed E-state index contributed by atoms with van der Waals surface area (Å²) in [6.07, 6.45) is 1.15. The number of hydrogen-bond acceptors (Lipinski definition) is 6. The Kier molecular flexibility index (Phi) is 3.81. The van der Waals surface area contributed by atoms with E-state index in [2.05, 4.69) is 10.1 Å². The van der Waals surface area contributed by atoms with E-state index in [1.807, 2.05) is 6.07 Å². The van der Waals surface area contributed by atoms with Crippen molar-refractivity contribution in [2.24, 2.45) is 0 Å². The zero-order valence-corrected chi connectivity index (χ0v) is 15.7. The van der Waals surface area contributed by atoms with Crippen LogP contribution in [0.5, 0.6) is 5.75 Å². The molecule has 7 nitrogen and oxygen atoms in total. The van der Waals surface area contributed by atoms with Gasteiger partial charge in [-0.1, -0.05) is 11.2 Å². The molecule has 4 aromatic rings. The molecule has 0 saturated heterocycles. The van der Waals surface area contributed by atoms with Crippen molar-refractivity contribution in [1.82, 2.24) is 10.1 Å². The van der Waals surface area contributed by atoms with Crippen LogP contribution in [0.2, 0.25) is 0 Å². The maximum Gasteiger partial charge on any atom is 0.344 e. The topological polar surface area (TPSA) is 102 Å². The quantitative estimate of drug-likeness (QED) is 0.542. The van der Waals surface area contributed by atoms with E-state index < -0.39 is 15.8 Å². The first-order valence-electron chi connectivity index (χ1n) is 8.15. The lowest BCUT2D eigenvalue weighted by molar-refractivity contribution is 0.0733. The van der Waals surface area contributed by atoms with Gasteiger partial charge in [-0.05, 0) is 37.3 Å². The first-order chi connectivity index (χ1) is 12.8. The summed E-state index contributed by atoms with van der Waals surface area (Å²) in [4.78, 5) is 16.2. The number of benzene rings is 2. The summed E-state index contributed by atoms with van der Waals surface area (Å²) in [6, 6.07) is 9.99. The molecule has 0 atom stereocenters. The van der Waals surface area contributed by atoms with E-state index in [0.717, 1.165) is 11.8 Å². The summed E-state index contributed by atoms with van der Waals surface area (Å²) in [5.74, 6) is 0.126. The number of aromatic amines is 1. The van der Waals surface area contributed by atoms with Crippen LogP contribution in [0.25, 0.3) is 21.8 Å². The van der Waals surface area contributed by atoms with Crippen molar-refractivity contribution in [2.45, 2.75) is 18.7 Å². The van der Waals surface area contributed by atoms with Crippen LogP contribution < -0.4 is 4.74 Å². The van der Waals surface area contributed by atoms with Crippen LogP contribution >= 0.6 is 0 Å². The number of carbonyl (C=O) groups is 1. The molecular formula is C19H16N2O5S. The van der Waals surface area contributed by atoms with Crippen molar-refractivity contribution >= 4 is 37.6 Å². The number of aryl methyl sites for hydroxylation is 2. The second-order valence-electron chi connectivity index (χ2n) is 6.38. The zero-order chi connectivity index (χ0) is 19.3. The minimum Gasteiger partial charge on any atom is -0.417 e. The second-order valence-corrected chi connectivity index (χ2v) is 8.39. The van der Waals surface area contributed by atoms with Gasteiger partial charge in [0, 0.05) is 35.0 Å². The van der Waals surface area contributed by atoms with E-state index in [1.54, 1.807) is 38.1 Å². The molecule has 0 aliphatic heterocycles. The van der Waals surface area contributed by atoms with E-state index in [0.29, 0.717) is 33.3 Å². The fourth-order valence-corrected chi connectivity index (χ4v) is 3.75. The summed E-state index contributed by atoms with van der Waals surface area (Å²) in [5.41, 5.74) is 2.24. The van der Waals surface area contributed by atoms with E-state index in [-0.39, 0.29) is 10.6 Å². The van der Waals surface area contributed by atoms with Gasteiger partial charge in [0.25, 0.3) is 0 Å². The van der Waals surface area contributed by atoms with Crippen molar-refractivity contribution in [3.8, 4) is 5.75 Å². The van der Waals surface area contributed by atoms with Crippen molar-refractivity contribution < 1.29 is 22.5 Å². The SMILES string of the molecule is Cc1noc(C)c1OC(=O)c1cccc2[nH]c3ccc(S(C)(=O)=O)cc3c12. The number of hydrogen-bond donors (Lipinski definition) is 1. The number of H-pyrrole nitrogens is 1. The zero-order valence-electron chi connectivity index (χ0n) is 14.9. The lowest BCUT2D eigenvalue weighted by atomic mass is 10.1. The van der Waals surface area contributed by atoms with Gasteiger partial charge in [0.2, 0.25) is 0 Å². The van der Waals surface area contributed by atoms with Crippen molar-refractivity contribution in [1.29, 1.82) is 0 Å². The minimum atomic E-state index is -3.38. The second kappa shape index (κ2) is 5.95. The van der Waals surface area contributed by atoms with E-state index in [9.17, 15) is 13.2 Å². The molecule has 0 bridgehead atoms. The van der Waals surface area contributed by atoms with Crippen LogP contribution in [-0.2, 0) is 9.84 Å². The number of carbonyl (C=O) groups excluding carboxylic acids is 1. The van der Waals surface area contributed by atoms with Crippen LogP contribution in [0.15, 0.2) is 45.8 Å². The third kappa shape index (κ3) is 2.87. The minimum absolute atomic E-state index is 0.185. The molecule has 0 aliphatic rings. The number of ether oxygens (including phenoxy) is 1. The van der Waals surface area contributed by atoms with Crippen molar-refractivity contribution in [2.75, 3.05) is 6.26 Å². The summed E-state index contributed by atoms with van der Waals surface area (Å²) < 4.78 is 34.4. The number of nitrogens with one attached hydrogen (secondary N) is 1. The van der Waals surface area contributed by atoms with Crippen LogP contribution in [-0.4, -0.2) is 30.8 Å². The predicted molar refractivity (Wildman–Crippen MR) is 99.9 cm³/mol. The van der Waals surface area contributed by atoms with Gasteiger partial charge >= 0.3 is 5.97 Å². The van der Waals surface area contributed by atoms with Gasteiger partial charge in [0.15, 0.2) is 21.3 Å². The number of rotatable bonds is 3. The Hall–Kier alpha value is -3.13. The Bertz CT molecular complexity index is 1300. The molecular weight excluding hydrogens is 368 g/mol. The van der Waals surface area contributed by atoms with Gasteiger partial charge in [-0.3, -0.25) is 0 Å². The van der Waals surface area contributed by atoms with Crippen LogP contribution in [0.3, 0.4) is 0 Å². The lowest BCUT2D eigenvalue weighted by Gasteiger charge is -2.05. The highest BCUT2D eigenvalue weighted by molar-refractivity contribution is 7.90. The molecule has 2 aromatic heterocycles. The van der Waals surface area contributed by atoms with Gasteiger partial charge in [-0.25, -0.2) is 13.2 Å². The van der Waals surface area contributed by atoms with Crippen molar-refractivity contribution in [3.63, 3.8) is 0 Å². The number of esters is 1. The molecule has 1 N–H and O–H groups in total. The third-order valence-electron chi connectivity index (χ3n) is 4.40. The average Bonchev–Trinajstić information content (AvgIpc) is 3.14. The Morgan fingerprint density at radius 2 is 1.93 bits per heavy atom. The number of nitrogens with zero attached hydrogens (tertiary/aromatic N) is 1. The first kappa shape index (κ1) is 17.3. The van der Waals surface area contributed by atoms with Crippen LogP contribution in [0.4, 0.5) is 0 Å². The van der Waals surface area contributed by atoms with Crippen LogP contribution in [0.1, 0.15) is 21.8 Å². The molecule has 0 fully saturated rings. The normalized spacial score (nSPS) is 12.0. The summed E-state index contributed by atoms with van der Waals surface area (Å²) >= 11 is 0. The Morgan fingerprint density at radius 1 is 1.15 bits per heavy atom. The molecule has 0 radical (unpaired) electrons. The molecule has 2 aromatic carbocycles. The molecule has 4 rings (SSSR count). The highest BCUT2D eigenvalue weighted by Gasteiger charge is 2.21. The highest BCUT2D eigenvalue weighted by atomic mass is 32.2. The maximum atomic E-state index is 12.8. The molecule has 0 unspecified atom stereocenters. The molecule has 0 amide bonds. The molecule has 0 saturated carbocycles. The Balaban J connectivity index is 1.91. The fourth-order valence-electron chi connectivity index (χ4n) is 3.10. The summed E-state index contributed by atoms with van der Waals surface area (Å²) in [7, 11) is -3.38. The van der Waals surface area contributed by atoms with Gasteiger partial charge < -0.3 is 14.2 Å². The maximum absolute atomic E-state index is 12.8. The third-order valence-corrected chi connectivity index (χ3v) is 5.52. The monoisotopic (exact) mass is 384 g/mol. The molecule has 0 aliphatic carbocycles. The molecule has 8 heteroatoms. The van der Waals surface area contributed by atoms with E-state index in [4.69, 9.17) is 9.26 Å². The average molecular weight is 384 g/mol. The van der Waals surface area contributed by atoms with Gasteiger partial charge in [0.05, 0.1) is 10.5 Å². The van der Waals surface area contributed by atoms with Gasteiger partial charge in [-0.2, -0.15) is 0 Å². The van der Waals surface area contributed by atoms with Gasteiger partial charge in [0.1, 0.15) is 5.69 Å². The standard InChI is InChI=1S/C19H16N2O5S/c1-10-18(11(2)26-21-10)25-19(22)13-5-4-6-16-17(13)14-9-12(27(3,23)24)7-8-15(14)20-16/h4-9,20H,1-3H3. The predicted octanol–water partition coefficient (Wildman–Crippen LogP) is 3.55. The van der Waals surface area contributed by atoms with Crippen molar-refractivity contribution in [3.05, 3.63) is 53.4 Å². The number of fused-ring (bicyclic) bond motifs is 3. The molecule has 27 heavy (non-hydrogen) atoms. The molecule has 2 heterocycles. The van der Waals surface area contributed by atoms with Gasteiger partial charge in [-0.15, -0.1) is 0 Å². The summed E-state index contributed by atoms with van der Waals surface area (Å²) in [5, 5.41) is 5.02. The Labute approximate surface area is 154 Å². The van der Waals surface area contributed by atoms with Crippen LogP contribution in [0, 0.1) is 13.8 Å². The lowest BCUT2D eigenvalue weighted by Crippen LogP contribution is -2.09. The largest absolute Gasteiger partial charge is 0.417 e. The summed E-state index contributed by atoms with van der Waals surface area (Å²) in [6.45, 7) is 3.34. The Morgan fingerprint density at radius 3 is 2.59 bits per heavy atom. The number of sulfone groups is 1. The highest BCUT2D eigenvalue weighted by Crippen LogP contribution is 2.31. The number of aromatic nitrogens is 2.